The summed E-state index contributed by atoms with van der Waals surface area (Å²) >= 11 is 0. The number of amides is 1. The number of hydrogen-bond acceptors (Lipinski definition) is 1. The quantitative estimate of drug-likeness (QED) is 0.875. The first kappa shape index (κ1) is 16.2. The zero-order chi connectivity index (χ0) is 16.1. The maximum absolute atomic E-state index is 12.4. The van der Waals surface area contributed by atoms with Gasteiger partial charge >= 0.3 is 0 Å². The van der Waals surface area contributed by atoms with Crippen LogP contribution < -0.4 is 10.6 Å². The lowest BCUT2D eigenvalue weighted by Crippen LogP contribution is -2.91. The van der Waals surface area contributed by atoms with E-state index in [9.17, 15) is 4.79 Å². The molecule has 0 fully saturated rings. The van der Waals surface area contributed by atoms with Crippen LogP contribution >= 0.6 is 0 Å². The number of carbonyl (C=O) groups is 1. The number of anilines is 1. The van der Waals surface area contributed by atoms with Gasteiger partial charge in [0.2, 0.25) is 0 Å². The molecule has 0 aromatic heterocycles. The number of carbonyl (C=O) groups excluding carboxylic acids is 1. The fraction of sp³-hybridized carbons (Fsp3) is 0.316. The van der Waals surface area contributed by atoms with Crippen molar-refractivity contribution in [3.63, 3.8) is 0 Å². The average molecular weight is 297 g/mol. The maximum atomic E-state index is 12.4. The number of nitrogens with two attached hydrogens (primary N) is 1. The van der Waals surface area contributed by atoms with Crippen LogP contribution in [0.1, 0.15) is 36.6 Å². The van der Waals surface area contributed by atoms with Crippen molar-refractivity contribution in [2.24, 2.45) is 0 Å². The van der Waals surface area contributed by atoms with Crippen molar-refractivity contribution in [2.45, 2.75) is 39.8 Å². The minimum absolute atomic E-state index is 0.0368. The van der Waals surface area contributed by atoms with Gasteiger partial charge in [-0.1, -0.05) is 48.0 Å². The third kappa shape index (κ3) is 4.18. The standard InChI is InChI=1S/C19H24N2O/c1-13-10-11-18(14(2)12-13)21-19(22)16(4)20-15(3)17-8-6-5-7-9-17/h5-12,15-16,20H,1-4H3,(H,21,22)/p+1/t15-,16+/m1/s1. The Balaban J connectivity index is 1.97. The summed E-state index contributed by atoms with van der Waals surface area (Å²) in [5.41, 5.74) is 4.42. The highest BCUT2D eigenvalue weighted by molar-refractivity contribution is 5.94. The predicted octanol–water partition coefficient (Wildman–Crippen LogP) is 2.96. The van der Waals surface area contributed by atoms with E-state index in [4.69, 9.17) is 0 Å². The Morgan fingerprint density at radius 2 is 1.73 bits per heavy atom. The first-order chi connectivity index (χ1) is 10.5. The zero-order valence-electron chi connectivity index (χ0n) is 13.8. The Kier molecular flexibility index (Phi) is 5.34. The Hall–Kier alpha value is -2.13. The molecule has 0 saturated carbocycles. The highest BCUT2D eigenvalue weighted by Crippen LogP contribution is 2.16. The van der Waals surface area contributed by atoms with E-state index in [0.29, 0.717) is 0 Å². The molecule has 2 atom stereocenters. The monoisotopic (exact) mass is 297 g/mol. The number of aryl methyl sites for hydroxylation is 2. The summed E-state index contributed by atoms with van der Waals surface area (Å²) in [4.78, 5) is 12.4. The highest BCUT2D eigenvalue weighted by Gasteiger charge is 2.20. The summed E-state index contributed by atoms with van der Waals surface area (Å²) in [5, 5.41) is 5.12. The fourth-order valence-electron chi connectivity index (χ4n) is 2.59. The molecule has 2 aromatic carbocycles. The van der Waals surface area contributed by atoms with E-state index in [1.165, 1.54) is 11.1 Å². The van der Waals surface area contributed by atoms with Gasteiger partial charge in [0.1, 0.15) is 6.04 Å². The summed E-state index contributed by atoms with van der Waals surface area (Å²) in [6.07, 6.45) is 0. The molecule has 0 aliphatic carbocycles. The van der Waals surface area contributed by atoms with Crippen LogP contribution in [0.2, 0.25) is 0 Å². The summed E-state index contributed by atoms with van der Waals surface area (Å²) in [5.74, 6) is 0.0368. The maximum Gasteiger partial charge on any atom is 0.282 e. The van der Waals surface area contributed by atoms with E-state index in [1.807, 2.05) is 44.2 Å². The van der Waals surface area contributed by atoms with Crippen molar-refractivity contribution in [3.8, 4) is 0 Å². The highest BCUT2D eigenvalue weighted by atomic mass is 16.2. The van der Waals surface area contributed by atoms with Crippen molar-refractivity contribution in [2.75, 3.05) is 5.32 Å². The van der Waals surface area contributed by atoms with Crippen LogP contribution in [0, 0.1) is 13.8 Å². The van der Waals surface area contributed by atoms with E-state index < -0.39 is 0 Å². The Labute approximate surface area is 132 Å². The minimum atomic E-state index is -0.143. The van der Waals surface area contributed by atoms with Crippen LogP contribution in [-0.4, -0.2) is 11.9 Å². The van der Waals surface area contributed by atoms with Crippen molar-refractivity contribution in [1.82, 2.24) is 0 Å². The van der Waals surface area contributed by atoms with Gasteiger partial charge in [0, 0.05) is 11.3 Å². The molecular formula is C19H25N2O+. The second kappa shape index (κ2) is 7.23. The number of benzene rings is 2. The lowest BCUT2D eigenvalue weighted by atomic mass is 10.1. The van der Waals surface area contributed by atoms with Gasteiger partial charge in [-0.05, 0) is 39.3 Å². The van der Waals surface area contributed by atoms with Crippen molar-refractivity contribution in [3.05, 3.63) is 65.2 Å². The second-order valence-corrected chi connectivity index (χ2v) is 5.99. The summed E-state index contributed by atoms with van der Waals surface area (Å²) in [7, 11) is 0. The largest absolute Gasteiger partial charge is 0.330 e. The van der Waals surface area contributed by atoms with Crippen LogP contribution in [0.4, 0.5) is 5.69 Å². The molecule has 0 unspecified atom stereocenters. The average Bonchev–Trinajstić information content (AvgIpc) is 2.50. The van der Waals surface area contributed by atoms with Gasteiger partial charge in [-0.3, -0.25) is 4.79 Å². The van der Waals surface area contributed by atoms with Crippen LogP contribution in [0.5, 0.6) is 0 Å². The van der Waals surface area contributed by atoms with E-state index in [-0.39, 0.29) is 18.0 Å². The SMILES string of the molecule is Cc1ccc(NC(=O)[C@H](C)[NH2+][C@H](C)c2ccccc2)c(C)c1. The molecule has 0 aliphatic rings. The zero-order valence-corrected chi connectivity index (χ0v) is 13.8. The van der Waals surface area contributed by atoms with Crippen LogP contribution in [-0.2, 0) is 4.79 Å². The van der Waals surface area contributed by atoms with Gasteiger partial charge in [-0.2, -0.15) is 0 Å². The van der Waals surface area contributed by atoms with Crippen LogP contribution in [0.3, 0.4) is 0 Å². The van der Waals surface area contributed by atoms with E-state index in [1.54, 1.807) is 0 Å². The third-order valence-corrected chi connectivity index (χ3v) is 3.96. The van der Waals surface area contributed by atoms with E-state index >= 15 is 0 Å². The molecule has 22 heavy (non-hydrogen) atoms. The van der Waals surface area contributed by atoms with Gasteiger partial charge in [0.15, 0.2) is 6.04 Å². The molecule has 3 heteroatoms. The topological polar surface area (TPSA) is 45.7 Å². The molecule has 116 valence electrons. The van der Waals surface area contributed by atoms with Gasteiger partial charge in [-0.15, -0.1) is 0 Å². The first-order valence-corrected chi connectivity index (χ1v) is 7.75. The summed E-state index contributed by atoms with van der Waals surface area (Å²) < 4.78 is 0. The molecule has 0 bridgehead atoms. The Morgan fingerprint density at radius 1 is 1.05 bits per heavy atom. The molecular weight excluding hydrogens is 272 g/mol. The number of rotatable bonds is 5. The molecule has 0 saturated heterocycles. The lowest BCUT2D eigenvalue weighted by Gasteiger charge is -2.17. The smallest absolute Gasteiger partial charge is 0.282 e. The molecule has 0 spiro atoms. The van der Waals surface area contributed by atoms with Gasteiger partial charge in [0.05, 0.1) is 0 Å². The fourth-order valence-corrected chi connectivity index (χ4v) is 2.59. The van der Waals surface area contributed by atoms with Crippen LogP contribution in [0.15, 0.2) is 48.5 Å². The summed E-state index contributed by atoms with van der Waals surface area (Å²) in [6, 6.07) is 16.4. The van der Waals surface area contributed by atoms with E-state index in [0.717, 1.165) is 11.3 Å². The number of nitrogens with one attached hydrogen (secondary N) is 1. The van der Waals surface area contributed by atoms with Crippen LogP contribution in [0.25, 0.3) is 0 Å². The molecule has 0 radical (unpaired) electrons. The Morgan fingerprint density at radius 3 is 2.36 bits per heavy atom. The molecule has 1 amide bonds. The number of quaternary nitrogens is 1. The lowest BCUT2D eigenvalue weighted by molar-refractivity contribution is -0.709. The summed E-state index contributed by atoms with van der Waals surface area (Å²) in [6.45, 7) is 8.13. The molecule has 2 rings (SSSR count). The normalized spacial score (nSPS) is 13.5. The molecule has 0 aliphatic heterocycles. The van der Waals surface area contributed by atoms with Crippen molar-refractivity contribution >= 4 is 11.6 Å². The first-order valence-electron chi connectivity index (χ1n) is 7.75. The molecule has 3 N–H and O–H groups in total. The molecule has 0 heterocycles. The van der Waals surface area contributed by atoms with Crippen molar-refractivity contribution < 1.29 is 10.1 Å². The third-order valence-electron chi connectivity index (χ3n) is 3.96. The molecule has 3 nitrogen and oxygen atoms in total. The van der Waals surface area contributed by atoms with Gasteiger partial charge in [0.25, 0.3) is 5.91 Å². The predicted molar refractivity (Wildman–Crippen MR) is 90.8 cm³/mol. The van der Waals surface area contributed by atoms with Gasteiger partial charge in [-0.25, -0.2) is 0 Å². The van der Waals surface area contributed by atoms with Gasteiger partial charge < -0.3 is 10.6 Å². The van der Waals surface area contributed by atoms with E-state index in [2.05, 4.69) is 42.7 Å². The molecule has 2 aromatic rings. The second-order valence-electron chi connectivity index (χ2n) is 5.99. The minimum Gasteiger partial charge on any atom is -0.330 e. The van der Waals surface area contributed by atoms with Crippen molar-refractivity contribution in [1.29, 1.82) is 0 Å². The number of hydrogen-bond donors (Lipinski definition) is 2. The Bertz CT molecular complexity index is 637.